The van der Waals surface area contributed by atoms with Crippen LogP contribution >= 0.6 is 19.5 Å². The molecule has 0 rings (SSSR count). The molecule has 0 aliphatic heterocycles. The fourth-order valence-corrected chi connectivity index (χ4v) is 4.61. The normalized spacial score (nSPS) is 14.4. The number of oxime groups is 1. The molecule has 0 bridgehead atoms. The number of carbonyl (C=O) groups excluding carboxylic acids is 7. The van der Waals surface area contributed by atoms with Crippen LogP contribution in [0.15, 0.2) is 5.16 Å². The first-order valence-corrected chi connectivity index (χ1v) is 13.9. The second-order valence-electron chi connectivity index (χ2n) is 8.37. The number of nitrogens with zero attached hydrogens (tertiary/aromatic N) is 1. The summed E-state index contributed by atoms with van der Waals surface area (Å²) in [6.45, 7) is 1.90. The summed E-state index contributed by atoms with van der Waals surface area (Å²) in [7, 11) is -5.42. The van der Waals surface area contributed by atoms with E-state index in [0.717, 1.165) is 25.6 Å². The highest BCUT2D eigenvalue weighted by atomic mass is 32.2. The van der Waals surface area contributed by atoms with Gasteiger partial charge in [0.25, 0.3) is 0 Å². The Balaban J connectivity index is 6.36. The zero-order valence-electron chi connectivity index (χ0n) is 21.3. The number of carbonyl (C=O) groups is 9. The number of aliphatic carboxylic acids is 2. The molecule has 0 aromatic carbocycles. The molecule has 0 aliphatic rings. The highest BCUT2D eigenvalue weighted by molar-refractivity contribution is 7.98. The van der Waals surface area contributed by atoms with Gasteiger partial charge in [-0.2, -0.15) is 11.8 Å². The van der Waals surface area contributed by atoms with Crippen LogP contribution in [0, 0.1) is 11.8 Å². The van der Waals surface area contributed by atoms with Gasteiger partial charge in [-0.1, -0.05) is 5.16 Å². The maximum absolute atomic E-state index is 13.0. The fraction of sp³-hybridized carbons (Fsp3) is 0.524. The summed E-state index contributed by atoms with van der Waals surface area (Å²) in [5.74, 6) is -18.0. The number of hydrogen-bond acceptors (Lipinski definition) is 13. The van der Waals surface area contributed by atoms with Crippen LogP contribution in [0.5, 0.6) is 0 Å². The van der Waals surface area contributed by atoms with Gasteiger partial charge in [-0.05, 0) is 32.3 Å². The average Bonchev–Trinajstić information content (AvgIpc) is 2.74. The van der Waals surface area contributed by atoms with Crippen molar-refractivity contribution in [2.24, 2.45) is 17.0 Å². The standard InChI is InChI=1S/C21H27N2O15PS/c1-10(24)6-12(26)16(18(30)31)14(28)8-21(4-5-40-3,23-39(35,36)37)20(34)38-22-9-15(29)17(19(32)33)13(27)7-11(2)25/h9,16-17H,4-8H2,1-3H3,(H,30,31)(H,32,33)(H3,23,35,36,37)/b22-9+. The highest BCUT2D eigenvalue weighted by Crippen LogP contribution is 2.37. The smallest absolute Gasteiger partial charge is 0.401 e. The Morgan fingerprint density at radius 3 is 1.77 bits per heavy atom. The van der Waals surface area contributed by atoms with E-state index in [-0.39, 0.29) is 12.0 Å². The predicted molar refractivity (Wildman–Crippen MR) is 133 cm³/mol. The molecule has 0 aromatic heterocycles. The summed E-state index contributed by atoms with van der Waals surface area (Å²) >= 11 is 1.01. The molecule has 17 nitrogen and oxygen atoms in total. The molecule has 3 unspecified atom stereocenters. The summed E-state index contributed by atoms with van der Waals surface area (Å²) in [5, 5.41) is 23.0. The van der Waals surface area contributed by atoms with E-state index in [1.54, 1.807) is 5.09 Å². The van der Waals surface area contributed by atoms with Crippen LogP contribution in [-0.2, 0) is 52.6 Å². The SMILES string of the molecule is CSCCC(CC(=O)C(C(=O)O)C(=O)CC(C)=O)(NP(=O)(O)O)C(=O)O/N=C/C(=O)C(C(=O)O)C(=O)CC(C)=O. The minimum atomic E-state index is -5.42. The van der Waals surface area contributed by atoms with E-state index < -0.39 is 103 Å². The summed E-state index contributed by atoms with van der Waals surface area (Å²) in [6.07, 6.45) is -2.30. The van der Waals surface area contributed by atoms with E-state index in [4.69, 9.17) is 5.11 Å². The lowest BCUT2D eigenvalue weighted by atomic mass is 9.84. The van der Waals surface area contributed by atoms with E-state index >= 15 is 0 Å². The summed E-state index contributed by atoms with van der Waals surface area (Å²) in [5.41, 5.74) is -2.74. The monoisotopic (exact) mass is 610 g/mol. The Hall–Kier alpha value is -3.44. The average molecular weight is 610 g/mol. The van der Waals surface area contributed by atoms with Crippen molar-refractivity contribution in [3.05, 3.63) is 0 Å². The van der Waals surface area contributed by atoms with Gasteiger partial charge in [-0.25, -0.2) is 14.4 Å². The minimum absolute atomic E-state index is 0.0732. The molecule has 40 heavy (non-hydrogen) atoms. The van der Waals surface area contributed by atoms with Crippen molar-refractivity contribution in [1.82, 2.24) is 5.09 Å². The van der Waals surface area contributed by atoms with Gasteiger partial charge in [0.1, 0.15) is 23.3 Å². The second-order valence-corrected chi connectivity index (χ2v) is 10.7. The molecular formula is C21H27N2O15PS. The molecule has 5 N–H and O–H groups in total. The molecule has 3 atom stereocenters. The molecule has 0 radical (unpaired) electrons. The van der Waals surface area contributed by atoms with Gasteiger partial charge in [0.2, 0.25) is 0 Å². The van der Waals surface area contributed by atoms with Gasteiger partial charge in [0.15, 0.2) is 35.0 Å². The Morgan fingerprint density at radius 2 is 1.38 bits per heavy atom. The summed E-state index contributed by atoms with van der Waals surface area (Å²) in [6, 6.07) is 0. The lowest BCUT2D eigenvalue weighted by Gasteiger charge is -2.31. The van der Waals surface area contributed by atoms with Crippen molar-refractivity contribution in [2.45, 2.75) is 45.1 Å². The third kappa shape index (κ3) is 12.2. The molecule has 222 valence electrons. The van der Waals surface area contributed by atoms with Crippen molar-refractivity contribution in [3.8, 4) is 0 Å². The topological polar surface area (TPSA) is 285 Å². The Bertz CT molecular complexity index is 1160. The van der Waals surface area contributed by atoms with Crippen LogP contribution in [0.25, 0.3) is 0 Å². The van der Waals surface area contributed by atoms with Crippen molar-refractivity contribution in [1.29, 1.82) is 0 Å². The molecule has 0 aromatic rings. The first kappa shape index (κ1) is 36.6. The third-order valence-corrected chi connectivity index (χ3v) is 6.20. The van der Waals surface area contributed by atoms with Crippen molar-refractivity contribution in [3.63, 3.8) is 0 Å². The number of thioether (sulfide) groups is 1. The maximum atomic E-state index is 13.0. The van der Waals surface area contributed by atoms with Gasteiger partial charge in [0, 0.05) is 6.42 Å². The fourth-order valence-electron chi connectivity index (χ4n) is 3.21. The van der Waals surface area contributed by atoms with Crippen molar-refractivity contribution in [2.75, 3.05) is 12.0 Å². The number of carboxylic acid groups (broad SMARTS) is 2. The zero-order chi connectivity index (χ0) is 31.4. The Labute approximate surface area is 230 Å². The van der Waals surface area contributed by atoms with E-state index in [2.05, 4.69) is 9.99 Å². The van der Waals surface area contributed by atoms with Crippen LogP contribution < -0.4 is 5.09 Å². The molecule has 0 spiro atoms. The second kappa shape index (κ2) is 16.0. The van der Waals surface area contributed by atoms with E-state index in [1.807, 2.05) is 0 Å². The molecule has 0 saturated carbocycles. The number of hydrogen-bond donors (Lipinski definition) is 5. The van der Waals surface area contributed by atoms with Crippen LogP contribution in [0.4, 0.5) is 0 Å². The van der Waals surface area contributed by atoms with Gasteiger partial charge in [-0.3, -0.25) is 38.4 Å². The molecule has 0 heterocycles. The van der Waals surface area contributed by atoms with Crippen LogP contribution in [0.1, 0.15) is 39.5 Å². The molecule has 0 amide bonds. The molecule has 19 heteroatoms. The largest absolute Gasteiger partial charge is 0.480 e. The number of rotatable bonds is 20. The number of ketones is 6. The Morgan fingerprint density at radius 1 is 0.900 bits per heavy atom. The predicted octanol–water partition coefficient (Wildman–Crippen LogP) is -1.28. The lowest BCUT2D eigenvalue weighted by Crippen LogP contribution is -2.54. The summed E-state index contributed by atoms with van der Waals surface area (Å²) < 4.78 is 11.8. The third-order valence-electron chi connectivity index (χ3n) is 4.87. The van der Waals surface area contributed by atoms with E-state index in [9.17, 15) is 62.6 Å². The van der Waals surface area contributed by atoms with Crippen LogP contribution in [-0.4, -0.2) is 96.4 Å². The maximum Gasteiger partial charge on any atom is 0.401 e. The highest BCUT2D eigenvalue weighted by Gasteiger charge is 2.49. The number of Topliss-reactive ketones (excluding diaryl/α,β-unsaturated/α-hetero) is 6. The van der Waals surface area contributed by atoms with Crippen molar-refractivity contribution < 1.29 is 72.6 Å². The lowest BCUT2D eigenvalue weighted by molar-refractivity contribution is -0.157. The molecule has 0 aliphatic carbocycles. The molecule has 0 saturated heterocycles. The van der Waals surface area contributed by atoms with Gasteiger partial charge >= 0.3 is 25.7 Å². The first-order valence-electron chi connectivity index (χ1n) is 10.9. The quantitative estimate of drug-likeness (QED) is 0.0352. The Kier molecular flexibility index (Phi) is 14.6. The summed E-state index contributed by atoms with van der Waals surface area (Å²) in [4.78, 5) is 131. The number of carboxylic acids is 2. The van der Waals surface area contributed by atoms with E-state index in [0.29, 0.717) is 0 Å². The van der Waals surface area contributed by atoms with Gasteiger partial charge in [0.05, 0.1) is 12.8 Å². The van der Waals surface area contributed by atoms with E-state index in [1.165, 1.54) is 6.26 Å². The van der Waals surface area contributed by atoms with Gasteiger partial charge in [-0.15, -0.1) is 0 Å². The molecular weight excluding hydrogens is 583 g/mol. The zero-order valence-corrected chi connectivity index (χ0v) is 23.1. The van der Waals surface area contributed by atoms with Crippen molar-refractivity contribution >= 4 is 78.3 Å². The first-order chi connectivity index (χ1) is 18.3. The van der Waals surface area contributed by atoms with Gasteiger partial charge < -0.3 is 24.8 Å². The minimum Gasteiger partial charge on any atom is -0.480 e. The van der Waals surface area contributed by atoms with Crippen LogP contribution in [0.3, 0.4) is 0 Å². The number of nitrogens with one attached hydrogen (secondary N) is 1. The van der Waals surface area contributed by atoms with Crippen LogP contribution in [0.2, 0.25) is 0 Å². The molecule has 0 fully saturated rings.